The zero-order chi connectivity index (χ0) is 14.0. The van der Waals surface area contributed by atoms with Crippen LogP contribution in [0.5, 0.6) is 0 Å². The van der Waals surface area contributed by atoms with Gasteiger partial charge in [0.05, 0.1) is 22.8 Å². The SMILES string of the molecule is Cc1nn(C)c(CC(=O)c2ccc(CN)cc2)c1Cl. The van der Waals surface area contributed by atoms with Crippen LogP contribution in [0.3, 0.4) is 0 Å². The fraction of sp³-hybridized carbons (Fsp3) is 0.286. The summed E-state index contributed by atoms with van der Waals surface area (Å²) in [7, 11) is 1.79. The van der Waals surface area contributed by atoms with Crippen LogP contribution in [0.15, 0.2) is 24.3 Å². The molecule has 0 atom stereocenters. The Hall–Kier alpha value is -1.65. The third-order valence-corrected chi connectivity index (χ3v) is 3.59. The van der Waals surface area contributed by atoms with Crippen molar-refractivity contribution in [2.75, 3.05) is 0 Å². The third-order valence-electron chi connectivity index (χ3n) is 3.10. The van der Waals surface area contributed by atoms with E-state index in [4.69, 9.17) is 17.3 Å². The first-order valence-corrected chi connectivity index (χ1v) is 6.41. The molecule has 1 heterocycles. The van der Waals surface area contributed by atoms with E-state index in [0.29, 0.717) is 17.1 Å². The average molecular weight is 278 g/mol. The predicted octanol–water partition coefficient (Wildman–Crippen LogP) is 2.27. The molecular formula is C14H16ClN3O. The summed E-state index contributed by atoms with van der Waals surface area (Å²) in [5.74, 6) is 0.0217. The number of halogens is 1. The van der Waals surface area contributed by atoms with Gasteiger partial charge in [-0.05, 0) is 12.5 Å². The molecule has 0 saturated heterocycles. The summed E-state index contributed by atoms with van der Waals surface area (Å²) in [6.07, 6.45) is 0.248. The number of ketones is 1. The Kier molecular flexibility index (Phi) is 4.02. The van der Waals surface area contributed by atoms with Crippen molar-refractivity contribution in [3.05, 3.63) is 51.8 Å². The first kappa shape index (κ1) is 13.8. The first-order chi connectivity index (χ1) is 9.02. The molecule has 19 heavy (non-hydrogen) atoms. The molecule has 1 aromatic heterocycles. The van der Waals surface area contributed by atoms with E-state index in [1.54, 1.807) is 23.9 Å². The number of carbonyl (C=O) groups is 1. The molecule has 4 nitrogen and oxygen atoms in total. The second kappa shape index (κ2) is 5.55. The smallest absolute Gasteiger partial charge is 0.168 e. The average Bonchev–Trinajstić information content (AvgIpc) is 2.65. The van der Waals surface area contributed by atoms with Gasteiger partial charge in [0.2, 0.25) is 0 Å². The zero-order valence-electron chi connectivity index (χ0n) is 11.0. The first-order valence-electron chi connectivity index (χ1n) is 6.03. The van der Waals surface area contributed by atoms with Crippen molar-refractivity contribution in [3.8, 4) is 0 Å². The van der Waals surface area contributed by atoms with Gasteiger partial charge in [-0.1, -0.05) is 35.9 Å². The van der Waals surface area contributed by atoms with Crippen LogP contribution in [0.1, 0.15) is 27.3 Å². The highest BCUT2D eigenvalue weighted by atomic mass is 35.5. The van der Waals surface area contributed by atoms with Gasteiger partial charge in [0.25, 0.3) is 0 Å². The lowest BCUT2D eigenvalue weighted by Gasteiger charge is -2.04. The number of benzene rings is 1. The van der Waals surface area contributed by atoms with E-state index in [-0.39, 0.29) is 12.2 Å². The number of rotatable bonds is 4. The molecule has 2 N–H and O–H groups in total. The van der Waals surface area contributed by atoms with E-state index in [0.717, 1.165) is 17.0 Å². The van der Waals surface area contributed by atoms with E-state index in [1.807, 2.05) is 19.1 Å². The molecule has 1 aromatic carbocycles. The van der Waals surface area contributed by atoms with Crippen LogP contribution in [0, 0.1) is 6.92 Å². The highest BCUT2D eigenvalue weighted by molar-refractivity contribution is 6.32. The van der Waals surface area contributed by atoms with Crippen LogP contribution < -0.4 is 5.73 Å². The van der Waals surface area contributed by atoms with Crippen LogP contribution in [-0.2, 0) is 20.0 Å². The number of aryl methyl sites for hydroxylation is 2. The molecular weight excluding hydrogens is 262 g/mol. The molecule has 0 radical (unpaired) electrons. The van der Waals surface area contributed by atoms with Crippen molar-refractivity contribution in [1.29, 1.82) is 0 Å². The summed E-state index contributed by atoms with van der Waals surface area (Å²) in [6.45, 7) is 2.30. The van der Waals surface area contributed by atoms with Crippen molar-refractivity contribution < 1.29 is 4.79 Å². The topological polar surface area (TPSA) is 60.9 Å². The Morgan fingerprint density at radius 1 is 1.37 bits per heavy atom. The number of hydrogen-bond donors (Lipinski definition) is 1. The molecule has 0 aliphatic carbocycles. The second-order valence-electron chi connectivity index (χ2n) is 4.47. The molecule has 100 valence electrons. The Morgan fingerprint density at radius 3 is 2.47 bits per heavy atom. The van der Waals surface area contributed by atoms with E-state index in [1.165, 1.54) is 0 Å². The van der Waals surface area contributed by atoms with Crippen molar-refractivity contribution >= 4 is 17.4 Å². The predicted molar refractivity (Wildman–Crippen MR) is 75.3 cm³/mol. The monoisotopic (exact) mass is 277 g/mol. The van der Waals surface area contributed by atoms with Crippen molar-refractivity contribution in [2.24, 2.45) is 12.8 Å². The maximum absolute atomic E-state index is 12.2. The lowest BCUT2D eigenvalue weighted by molar-refractivity contribution is 0.0990. The molecule has 0 fully saturated rings. The quantitative estimate of drug-likeness (QED) is 0.872. The zero-order valence-corrected chi connectivity index (χ0v) is 11.7. The van der Waals surface area contributed by atoms with Crippen LogP contribution in [0.2, 0.25) is 5.02 Å². The van der Waals surface area contributed by atoms with Crippen LogP contribution in [0.25, 0.3) is 0 Å². The minimum Gasteiger partial charge on any atom is -0.326 e. The molecule has 0 aliphatic rings. The number of hydrogen-bond acceptors (Lipinski definition) is 3. The van der Waals surface area contributed by atoms with Gasteiger partial charge < -0.3 is 5.73 Å². The van der Waals surface area contributed by atoms with Crippen molar-refractivity contribution in [2.45, 2.75) is 19.9 Å². The van der Waals surface area contributed by atoms with Gasteiger partial charge in [-0.15, -0.1) is 0 Å². The molecule has 0 bridgehead atoms. The fourth-order valence-corrected chi connectivity index (χ4v) is 2.18. The van der Waals surface area contributed by atoms with Crippen molar-refractivity contribution in [3.63, 3.8) is 0 Å². The number of Topliss-reactive ketones (excluding diaryl/α,β-unsaturated/α-hetero) is 1. The molecule has 5 heteroatoms. The Morgan fingerprint density at radius 2 is 2.00 bits per heavy atom. The molecule has 0 spiro atoms. The van der Waals surface area contributed by atoms with E-state index >= 15 is 0 Å². The standard InChI is InChI=1S/C14H16ClN3O/c1-9-14(15)12(18(2)17-9)7-13(19)11-5-3-10(8-16)4-6-11/h3-6H,7-8,16H2,1-2H3. The normalized spacial score (nSPS) is 10.7. The van der Waals surface area contributed by atoms with Crippen LogP contribution >= 0.6 is 11.6 Å². The van der Waals surface area contributed by atoms with Gasteiger partial charge in [0.1, 0.15) is 0 Å². The molecule has 0 aliphatic heterocycles. The third kappa shape index (κ3) is 2.85. The summed E-state index contributed by atoms with van der Waals surface area (Å²) in [6, 6.07) is 7.32. The largest absolute Gasteiger partial charge is 0.326 e. The fourth-order valence-electron chi connectivity index (χ4n) is 1.95. The highest BCUT2D eigenvalue weighted by Gasteiger charge is 2.15. The molecule has 2 aromatic rings. The maximum atomic E-state index is 12.2. The van der Waals surface area contributed by atoms with Gasteiger partial charge in [0, 0.05) is 19.2 Å². The van der Waals surface area contributed by atoms with Crippen LogP contribution in [0.4, 0.5) is 0 Å². The minimum atomic E-state index is 0.0217. The maximum Gasteiger partial charge on any atom is 0.168 e. The van der Waals surface area contributed by atoms with Crippen LogP contribution in [-0.4, -0.2) is 15.6 Å². The number of aromatic nitrogens is 2. The number of nitrogens with two attached hydrogens (primary N) is 1. The minimum absolute atomic E-state index is 0.0217. The van der Waals surface area contributed by atoms with E-state index < -0.39 is 0 Å². The lowest BCUT2D eigenvalue weighted by Crippen LogP contribution is -2.08. The molecule has 0 saturated carbocycles. The highest BCUT2D eigenvalue weighted by Crippen LogP contribution is 2.21. The molecule has 0 amide bonds. The summed E-state index contributed by atoms with van der Waals surface area (Å²) in [5, 5.41) is 4.76. The van der Waals surface area contributed by atoms with Gasteiger partial charge in [-0.25, -0.2) is 0 Å². The number of carbonyl (C=O) groups excluding carboxylic acids is 1. The van der Waals surface area contributed by atoms with Gasteiger partial charge in [-0.3, -0.25) is 9.48 Å². The Balaban J connectivity index is 2.20. The molecule has 2 rings (SSSR count). The van der Waals surface area contributed by atoms with Gasteiger partial charge in [0.15, 0.2) is 5.78 Å². The van der Waals surface area contributed by atoms with Gasteiger partial charge >= 0.3 is 0 Å². The Labute approximate surface area is 117 Å². The summed E-state index contributed by atoms with van der Waals surface area (Å²) in [5.41, 5.74) is 8.68. The van der Waals surface area contributed by atoms with E-state index in [9.17, 15) is 4.79 Å². The van der Waals surface area contributed by atoms with E-state index in [2.05, 4.69) is 5.10 Å². The van der Waals surface area contributed by atoms with Crippen molar-refractivity contribution in [1.82, 2.24) is 9.78 Å². The summed E-state index contributed by atoms with van der Waals surface area (Å²) in [4.78, 5) is 12.2. The summed E-state index contributed by atoms with van der Waals surface area (Å²) < 4.78 is 1.66. The number of nitrogens with zero attached hydrogens (tertiary/aromatic N) is 2. The second-order valence-corrected chi connectivity index (χ2v) is 4.85. The lowest BCUT2D eigenvalue weighted by atomic mass is 10.0. The summed E-state index contributed by atoms with van der Waals surface area (Å²) >= 11 is 6.14. The Bertz CT molecular complexity index is 602. The molecule has 0 unspecified atom stereocenters. The van der Waals surface area contributed by atoms with Gasteiger partial charge in [-0.2, -0.15) is 5.10 Å².